The van der Waals surface area contributed by atoms with Crippen LogP contribution in [0.1, 0.15) is 10.4 Å². The van der Waals surface area contributed by atoms with Crippen LogP contribution in [0.2, 0.25) is 5.02 Å². The molecule has 2 heterocycles. The van der Waals surface area contributed by atoms with E-state index in [1.165, 1.54) is 6.33 Å². The van der Waals surface area contributed by atoms with Crippen molar-refractivity contribution in [2.24, 2.45) is 0 Å². The number of aromatic nitrogens is 4. The predicted octanol–water partition coefficient (Wildman–Crippen LogP) is 2.05. The third-order valence-electron chi connectivity index (χ3n) is 2.09. The van der Waals surface area contributed by atoms with Crippen molar-refractivity contribution >= 4 is 23.5 Å². The van der Waals surface area contributed by atoms with Gasteiger partial charge in [0.25, 0.3) is 5.91 Å². The summed E-state index contributed by atoms with van der Waals surface area (Å²) in [5.41, 5.74) is 0.0239. The number of nitrogens with zero attached hydrogens (tertiary/aromatic N) is 3. The molecule has 2 rings (SSSR count). The van der Waals surface area contributed by atoms with Gasteiger partial charge in [-0.2, -0.15) is 23.3 Å². The second kappa shape index (κ2) is 5.95. The number of H-pyrrole nitrogens is 1. The lowest BCUT2D eigenvalue weighted by Gasteiger charge is -2.10. The summed E-state index contributed by atoms with van der Waals surface area (Å²) < 4.78 is 40.5. The van der Waals surface area contributed by atoms with E-state index >= 15 is 0 Å². The van der Waals surface area contributed by atoms with Crippen molar-refractivity contribution < 1.29 is 22.7 Å². The molecule has 2 aromatic heterocycles. The average molecular weight is 322 g/mol. The topological polar surface area (TPSA) is 92.8 Å². The van der Waals surface area contributed by atoms with Crippen LogP contribution in [-0.2, 0) is 0 Å². The molecule has 0 spiro atoms. The fourth-order valence-corrected chi connectivity index (χ4v) is 1.47. The lowest BCUT2D eigenvalue weighted by Crippen LogP contribution is -2.20. The van der Waals surface area contributed by atoms with E-state index in [0.29, 0.717) is 0 Å². The van der Waals surface area contributed by atoms with Crippen molar-refractivity contribution in [3.8, 4) is 5.88 Å². The average Bonchev–Trinajstić information content (AvgIpc) is 2.89. The van der Waals surface area contributed by atoms with Crippen LogP contribution < -0.4 is 10.1 Å². The van der Waals surface area contributed by atoms with Crippen molar-refractivity contribution in [1.29, 1.82) is 0 Å². The first kappa shape index (κ1) is 15.0. The maximum Gasteiger partial charge on any atom is 0.422 e. The van der Waals surface area contributed by atoms with Gasteiger partial charge in [-0.1, -0.05) is 11.6 Å². The summed E-state index contributed by atoms with van der Waals surface area (Å²) in [4.78, 5) is 19.0. The van der Waals surface area contributed by atoms with Crippen LogP contribution in [-0.4, -0.2) is 38.9 Å². The van der Waals surface area contributed by atoms with Crippen LogP contribution in [0.25, 0.3) is 0 Å². The van der Waals surface area contributed by atoms with Gasteiger partial charge in [0.05, 0.1) is 5.56 Å². The SMILES string of the molecule is O=C(Nc1ncn[nH]1)c1cnc(OCC(F)(F)F)c(Cl)c1. The molecule has 2 aromatic rings. The summed E-state index contributed by atoms with van der Waals surface area (Å²) in [6, 6.07) is 1.13. The standard InChI is InChI=1S/C10H7ClF3N5O2/c11-6-1-5(7(20)18-9-16-4-17-19-9)2-15-8(6)21-3-10(12,13)14/h1-2,4H,3H2,(H2,16,17,18,19,20). The Morgan fingerprint density at radius 2 is 2.19 bits per heavy atom. The molecule has 0 aliphatic carbocycles. The molecule has 0 bridgehead atoms. The van der Waals surface area contributed by atoms with Gasteiger partial charge in [-0.25, -0.2) is 10.1 Å². The summed E-state index contributed by atoms with van der Waals surface area (Å²) in [5.74, 6) is -0.915. The molecule has 11 heteroatoms. The monoisotopic (exact) mass is 321 g/mol. The number of rotatable bonds is 4. The number of amides is 1. The van der Waals surface area contributed by atoms with Gasteiger partial charge in [0, 0.05) is 6.20 Å². The highest BCUT2D eigenvalue weighted by molar-refractivity contribution is 6.32. The zero-order chi connectivity index (χ0) is 15.5. The Bertz CT molecular complexity index is 632. The normalized spacial score (nSPS) is 11.2. The number of aromatic amines is 1. The second-order valence-electron chi connectivity index (χ2n) is 3.70. The zero-order valence-corrected chi connectivity index (χ0v) is 10.9. The molecule has 1 amide bonds. The minimum Gasteiger partial charge on any atom is -0.467 e. The number of carbonyl (C=O) groups excluding carboxylic acids is 1. The predicted molar refractivity (Wildman–Crippen MR) is 65.1 cm³/mol. The summed E-state index contributed by atoms with van der Waals surface area (Å²) in [7, 11) is 0. The van der Waals surface area contributed by atoms with Crippen LogP contribution in [0.15, 0.2) is 18.6 Å². The van der Waals surface area contributed by atoms with Gasteiger partial charge in [0.15, 0.2) is 6.61 Å². The molecule has 0 atom stereocenters. The first-order valence-corrected chi connectivity index (χ1v) is 5.75. The number of hydrogen-bond donors (Lipinski definition) is 2. The van der Waals surface area contributed by atoms with Gasteiger partial charge in [-0.15, -0.1) is 0 Å². The number of pyridine rings is 1. The van der Waals surface area contributed by atoms with Crippen LogP contribution in [0.5, 0.6) is 5.88 Å². The summed E-state index contributed by atoms with van der Waals surface area (Å²) in [5, 5.41) is 8.07. The summed E-state index contributed by atoms with van der Waals surface area (Å²) >= 11 is 5.71. The Morgan fingerprint density at radius 1 is 1.43 bits per heavy atom. The van der Waals surface area contributed by atoms with Crippen molar-refractivity contribution in [2.45, 2.75) is 6.18 Å². The molecule has 0 aliphatic heterocycles. The van der Waals surface area contributed by atoms with E-state index in [9.17, 15) is 18.0 Å². The maximum atomic E-state index is 12.0. The Labute approximate surface area is 120 Å². The molecule has 0 saturated heterocycles. The number of anilines is 1. The largest absolute Gasteiger partial charge is 0.467 e. The minimum atomic E-state index is -4.51. The van der Waals surface area contributed by atoms with E-state index in [2.05, 4.69) is 30.2 Å². The number of halogens is 4. The third-order valence-corrected chi connectivity index (χ3v) is 2.36. The van der Waals surface area contributed by atoms with Gasteiger partial charge in [0.1, 0.15) is 11.3 Å². The number of hydrogen-bond acceptors (Lipinski definition) is 5. The molecule has 7 nitrogen and oxygen atoms in total. The first-order valence-electron chi connectivity index (χ1n) is 5.37. The quantitative estimate of drug-likeness (QED) is 0.899. The van der Waals surface area contributed by atoms with Gasteiger partial charge in [0.2, 0.25) is 11.8 Å². The molecule has 0 fully saturated rings. The van der Waals surface area contributed by atoms with Crippen molar-refractivity contribution in [2.75, 3.05) is 11.9 Å². The van der Waals surface area contributed by atoms with Crippen LogP contribution >= 0.6 is 11.6 Å². The molecule has 21 heavy (non-hydrogen) atoms. The summed E-state index contributed by atoms with van der Waals surface area (Å²) in [6.07, 6.45) is -2.29. The van der Waals surface area contributed by atoms with E-state index < -0.39 is 24.6 Å². The van der Waals surface area contributed by atoms with Gasteiger partial charge in [-0.3, -0.25) is 10.1 Å². The molecule has 0 unspecified atom stereocenters. The number of nitrogens with one attached hydrogen (secondary N) is 2. The molecule has 0 saturated carbocycles. The van der Waals surface area contributed by atoms with Crippen molar-refractivity contribution in [1.82, 2.24) is 20.2 Å². The van der Waals surface area contributed by atoms with E-state index in [4.69, 9.17) is 11.6 Å². The maximum absolute atomic E-state index is 12.0. The van der Waals surface area contributed by atoms with E-state index in [1.54, 1.807) is 0 Å². The fraction of sp³-hybridized carbons (Fsp3) is 0.200. The highest BCUT2D eigenvalue weighted by atomic mass is 35.5. The third kappa shape index (κ3) is 4.31. The van der Waals surface area contributed by atoms with E-state index in [0.717, 1.165) is 12.3 Å². The van der Waals surface area contributed by atoms with E-state index in [-0.39, 0.29) is 16.5 Å². The molecule has 112 valence electrons. The number of ether oxygens (including phenoxy) is 1. The van der Waals surface area contributed by atoms with Crippen LogP contribution in [0.3, 0.4) is 0 Å². The highest BCUT2D eigenvalue weighted by Gasteiger charge is 2.29. The highest BCUT2D eigenvalue weighted by Crippen LogP contribution is 2.25. The lowest BCUT2D eigenvalue weighted by atomic mass is 10.2. The Morgan fingerprint density at radius 3 is 2.76 bits per heavy atom. The van der Waals surface area contributed by atoms with Gasteiger partial charge in [-0.05, 0) is 6.07 Å². The number of carbonyl (C=O) groups is 1. The Balaban J connectivity index is 2.06. The molecule has 2 N–H and O–H groups in total. The molecule has 0 aliphatic rings. The van der Waals surface area contributed by atoms with Gasteiger partial charge >= 0.3 is 6.18 Å². The molecule has 0 aromatic carbocycles. The smallest absolute Gasteiger partial charge is 0.422 e. The Kier molecular flexibility index (Phi) is 4.26. The second-order valence-corrected chi connectivity index (χ2v) is 4.11. The van der Waals surface area contributed by atoms with Crippen molar-refractivity contribution in [3.63, 3.8) is 0 Å². The molecular formula is C10H7ClF3N5O2. The molecule has 0 radical (unpaired) electrons. The van der Waals surface area contributed by atoms with Gasteiger partial charge < -0.3 is 4.74 Å². The zero-order valence-electron chi connectivity index (χ0n) is 10.1. The Hall–Kier alpha value is -2.36. The lowest BCUT2D eigenvalue weighted by molar-refractivity contribution is -0.154. The van der Waals surface area contributed by atoms with Crippen molar-refractivity contribution in [3.05, 3.63) is 29.2 Å². The first-order chi connectivity index (χ1) is 9.85. The molecular weight excluding hydrogens is 315 g/mol. The number of alkyl halides is 3. The minimum absolute atomic E-state index is 0.0239. The van der Waals surface area contributed by atoms with Crippen LogP contribution in [0, 0.1) is 0 Å². The summed E-state index contributed by atoms with van der Waals surface area (Å²) in [6.45, 7) is -1.52. The van der Waals surface area contributed by atoms with Crippen LogP contribution in [0.4, 0.5) is 19.1 Å². The van der Waals surface area contributed by atoms with E-state index in [1.807, 2.05) is 0 Å². The fourth-order valence-electron chi connectivity index (χ4n) is 1.25.